The van der Waals surface area contributed by atoms with Gasteiger partial charge >= 0.3 is 0 Å². The predicted octanol–water partition coefficient (Wildman–Crippen LogP) is 3.48. The Balaban J connectivity index is 1.51. The van der Waals surface area contributed by atoms with Gasteiger partial charge in [-0.05, 0) is 41.3 Å². The molecule has 3 aromatic rings. The fourth-order valence-corrected chi connectivity index (χ4v) is 2.90. The van der Waals surface area contributed by atoms with Crippen molar-refractivity contribution in [3.8, 4) is 5.75 Å². The number of carbonyl (C=O) groups is 2. The lowest BCUT2D eigenvalue weighted by Crippen LogP contribution is -2.33. The first-order valence-corrected chi connectivity index (χ1v) is 10.3. The van der Waals surface area contributed by atoms with Gasteiger partial charge in [0, 0.05) is 18.9 Å². The molecule has 2 N–H and O–H groups in total. The van der Waals surface area contributed by atoms with E-state index in [2.05, 4.69) is 34.4 Å². The summed E-state index contributed by atoms with van der Waals surface area (Å²) in [5.74, 6) is -0.274. The molecule has 0 aliphatic rings. The zero-order valence-electron chi connectivity index (χ0n) is 18.0. The molecule has 0 spiro atoms. The Morgan fingerprint density at radius 3 is 2.09 bits per heavy atom. The van der Waals surface area contributed by atoms with Crippen LogP contribution in [0.4, 0.5) is 4.39 Å². The molecule has 0 fully saturated rings. The second-order valence-electron chi connectivity index (χ2n) is 7.39. The highest BCUT2D eigenvalue weighted by molar-refractivity contribution is 6.04. The van der Waals surface area contributed by atoms with Crippen molar-refractivity contribution in [3.63, 3.8) is 0 Å². The van der Waals surface area contributed by atoms with Gasteiger partial charge in [0.15, 0.2) is 11.4 Å². The van der Waals surface area contributed by atoms with Crippen LogP contribution in [0.2, 0.25) is 0 Å². The van der Waals surface area contributed by atoms with Crippen LogP contribution >= 0.6 is 0 Å². The largest absolute Gasteiger partial charge is 0.492 e. The van der Waals surface area contributed by atoms with Crippen molar-refractivity contribution < 1.29 is 18.7 Å². The summed E-state index contributed by atoms with van der Waals surface area (Å²) in [5, 5.41) is 5.35. The van der Waals surface area contributed by atoms with Gasteiger partial charge in [-0.1, -0.05) is 38.1 Å². The molecule has 0 saturated heterocycles. The number of halogens is 1. The Morgan fingerprint density at radius 1 is 0.906 bits per heavy atom. The van der Waals surface area contributed by atoms with Crippen molar-refractivity contribution >= 4 is 11.8 Å². The maximum absolute atomic E-state index is 13.0. The highest BCUT2D eigenvalue weighted by Gasteiger charge is 2.19. The summed E-state index contributed by atoms with van der Waals surface area (Å²) in [5.41, 5.74) is 1.77. The molecule has 0 aliphatic carbocycles. The van der Waals surface area contributed by atoms with Gasteiger partial charge in [-0.15, -0.1) is 0 Å². The van der Waals surface area contributed by atoms with Crippen molar-refractivity contribution in [2.75, 3.05) is 13.2 Å². The van der Waals surface area contributed by atoms with Gasteiger partial charge < -0.3 is 15.4 Å². The van der Waals surface area contributed by atoms with Crippen molar-refractivity contribution in [2.24, 2.45) is 0 Å². The monoisotopic (exact) mass is 436 g/mol. The molecule has 2 amide bonds. The van der Waals surface area contributed by atoms with Crippen LogP contribution in [0.15, 0.2) is 60.9 Å². The molecule has 0 saturated carbocycles. The summed E-state index contributed by atoms with van der Waals surface area (Å²) in [6, 6.07) is 13.6. The first kappa shape index (κ1) is 22.9. The maximum Gasteiger partial charge on any atom is 0.272 e. The minimum Gasteiger partial charge on any atom is -0.492 e. The molecule has 3 rings (SSSR count). The molecular formula is C24H25FN4O3. The van der Waals surface area contributed by atoms with E-state index in [0.717, 1.165) is 0 Å². The number of carbonyl (C=O) groups excluding carboxylic acids is 2. The van der Waals surface area contributed by atoms with Crippen LogP contribution in [0.5, 0.6) is 5.75 Å². The van der Waals surface area contributed by atoms with E-state index in [4.69, 9.17) is 4.74 Å². The van der Waals surface area contributed by atoms with E-state index in [1.165, 1.54) is 30.1 Å². The highest BCUT2D eigenvalue weighted by atomic mass is 19.1. The third-order valence-corrected chi connectivity index (χ3v) is 4.70. The van der Waals surface area contributed by atoms with Gasteiger partial charge in [0.05, 0.1) is 6.54 Å². The summed E-state index contributed by atoms with van der Waals surface area (Å²) in [6.07, 6.45) is 2.69. The first-order valence-electron chi connectivity index (χ1n) is 10.3. The fraction of sp³-hybridized carbons (Fsp3) is 0.250. The lowest BCUT2D eigenvalue weighted by molar-refractivity contribution is 0.0906. The van der Waals surface area contributed by atoms with Crippen LogP contribution < -0.4 is 15.4 Å². The number of nitrogens with one attached hydrogen (secondary N) is 2. The molecular weight excluding hydrogens is 411 g/mol. The number of hydrogen-bond donors (Lipinski definition) is 2. The lowest BCUT2D eigenvalue weighted by Gasteiger charge is -2.11. The maximum atomic E-state index is 13.0. The van der Waals surface area contributed by atoms with E-state index in [0.29, 0.717) is 17.2 Å². The third kappa shape index (κ3) is 6.34. The van der Waals surface area contributed by atoms with Crippen LogP contribution in [-0.4, -0.2) is 34.9 Å². The molecule has 1 heterocycles. The smallest absolute Gasteiger partial charge is 0.272 e. The molecule has 0 atom stereocenters. The van der Waals surface area contributed by atoms with Crippen molar-refractivity contribution in [2.45, 2.75) is 26.3 Å². The van der Waals surface area contributed by atoms with Gasteiger partial charge in [-0.3, -0.25) is 9.59 Å². The van der Waals surface area contributed by atoms with Crippen LogP contribution in [0.1, 0.15) is 51.9 Å². The van der Waals surface area contributed by atoms with E-state index >= 15 is 0 Å². The second-order valence-corrected chi connectivity index (χ2v) is 7.39. The molecule has 1 aromatic heterocycles. The van der Waals surface area contributed by atoms with Gasteiger partial charge in [-0.25, -0.2) is 14.4 Å². The average molecular weight is 436 g/mol. The minimum absolute atomic E-state index is 0.0783. The number of rotatable bonds is 9. The summed E-state index contributed by atoms with van der Waals surface area (Å²) < 4.78 is 18.6. The molecule has 7 nitrogen and oxygen atoms in total. The topological polar surface area (TPSA) is 93.2 Å². The van der Waals surface area contributed by atoms with Crippen molar-refractivity contribution in [3.05, 3.63) is 89.3 Å². The summed E-state index contributed by atoms with van der Waals surface area (Å²) >= 11 is 0. The van der Waals surface area contributed by atoms with Crippen LogP contribution in [0.3, 0.4) is 0 Å². The number of ether oxygens (including phenoxy) is 1. The normalized spacial score (nSPS) is 10.6. The lowest BCUT2D eigenvalue weighted by atomic mass is 10.0. The first-order chi connectivity index (χ1) is 15.4. The van der Waals surface area contributed by atoms with E-state index in [1.54, 1.807) is 12.1 Å². The predicted molar refractivity (Wildman–Crippen MR) is 118 cm³/mol. The number of benzene rings is 2. The number of amides is 2. The number of nitrogens with zero attached hydrogens (tertiary/aromatic N) is 2. The highest BCUT2D eigenvalue weighted by Crippen LogP contribution is 2.18. The zero-order chi connectivity index (χ0) is 22.9. The standard InChI is InChI=1S/C24H25FN4O3/c1-16(2)18-5-9-20(10-6-18)32-14-13-28-23(30)21-22(27-12-11-26-21)24(31)29-15-17-3-7-19(25)8-4-17/h3-12,16H,13-15H2,1-2H3,(H,28,30)(H,29,31). The van der Waals surface area contributed by atoms with E-state index < -0.39 is 11.8 Å². The van der Waals surface area contributed by atoms with Crippen LogP contribution in [0, 0.1) is 5.82 Å². The Bertz CT molecular complexity index is 1050. The zero-order valence-corrected chi connectivity index (χ0v) is 18.0. The quantitative estimate of drug-likeness (QED) is 0.501. The molecule has 2 aromatic carbocycles. The van der Waals surface area contributed by atoms with E-state index in [1.807, 2.05) is 24.3 Å². The molecule has 166 valence electrons. The SMILES string of the molecule is CC(C)c1ccc(OCCNC(=O)c2nccnc2C(=O)NCc2ccc(F)cc2)cc1. The van der Waals surface area contributed by atoms with Gasteiger partial charge in [0.25, 0.3) is 11.8 Å². The Labute approximate surface area is 186 Å². The molecule has 8 heteroatoms. The summed E-state index contributed by atoms with van der Waals surface area (Å²) in [7, 11) is 0. The number of hydrogen-bond acceptors (Lipinski definition) is 5. The van der Waals surface area contributed by atoms with Gasteiger partial charge in [-0.2, -0.15) is 0 Å². The van der Waals surface area contributed by atoms with Crippen molar-refractivity contribution in [1.82, 2.24) is 20.6 Å². The molecule has 0 aliphatic heterocycles. The molecule has 0 radical (unpaired) electrons. The van der Waals surface area contributed by atoms with Crippen LogP contribution in [0.25, 0.3) is 0 Å². The van der Waals surface area contributed by atoms with E-state index in [9.17, 15) is 14.0 Å². The fourth-order valence-electron chi connectivity index (χ4n) is 2.90. The summed E-state index contributed by atoms with van der Waals surface area (Å²) in [4.78, 5) is 33.0. The molecule has 0 unspecified atom stereocenters. The second kappa shape index (κ2) is 11.0. The number of aromatic nitrogens is 2. The van der Waals surface area contributed by atoms with Crippen LogP contribution in [-0.2, 0) is 6.54 Å². The summed E-state index contributed by atoms with van der Waals surface area (Å²) in [6.45, 7) is 4.90. The van der Waals surface area contributed by atoms with Gasteiger partial charge in [0.1, 0.15) is 18.2 Å². The molecule has 0 bridgehead atoms. The van der Waals surface area contributed by atoms with Crippen molar-refractivity contribution in [1.29, 1.82) is 0 Å². The Kier molecular flexibility index (Phi) is 7.85. The third-order valence-electron chi connectivity index (χ3n) is 4.70. The van der Waals surface area contributed by atoms with Gasteiger partial charge in [0.2, 0.25) is 0 Å². The van der Waals surface area contributed by atoms with E-state index in [-0.39, 0.29) is 36.9 Å². The molecule has 32 heavy (non-hydrogen) atoms. The average Bonchev–Trinajstić information content (AvgIpc) is 2.81. The minimum atomic E-state index is -0.547. The Morgan fingerprint density at radius 2 is 1.50 bits per heavy atom. The Hall–Kier alpha value is -3.81.